The molecule has 2 aromatic rings. The summed E-state index contributed by atoms with van der Waals surface area (Å²) in [4.78, 5) is 13.9. The van der Waals surface area contributed by atoms with Crippen molar-refractivity contribution in [1.29, 1.82) is 0 Å². The number of rotatable bonds is 1. The summed E-state index contributed by atoms with van der Waals surface area (Å²) in [6, 6.07) is 11.0. The molecule has 102 valence electrons. The van der Waals surface area contributed by atoms with Crippen LogP contribution in [0.4, 0.5) is 26.2 Å². The first kappa shape index (κ1) is 12.5. The number of benzene rings is 2. The van der Waals surface area contributed by atoms with Gasteiger partial charge in [-0.1, -0.05) is 0 Å². The van der Waals surface area contributed by atoms with Crippen LogP contribution in [-0.2, 0) is 6.42 Å². The van der Waals surface area contributed by atoms with Crippen molar-refractivity contribution >= 4 is 23.1 Å². The SMILES string of the molecule is Nc1ccc2c(c1)CCN2C(=O)Nc1ccc(F)cc1. The molecule has 1 aliphatic heterocycles. The molecule has 1 aliphatic rings. The zero-order valence-electron chi connectivity index (χ0n) is 10.8. The topological polar surface area (TPSA) is 58.4 Å². The van der Waals surface area contributed by atoms with Crippen molar-refractivity contribution < 1.29 is 9.18 Å². The van der Waals surface area contributed by atoms with E-state index in [0.717, 1.165) is 17.7 Å². The number of carbonyl (C=O) groups is 1. The summed E-state index contributed by atoms with van der Waals surface area (Å²) in [5.74, 6) is -0.329. The van der Waals surface area contributed by atoms with Gasteiger partial charge >= 0.3 is 6.03 Å². The van der Waals surface area contributed by atoms with Crippen molar-refractivity contribution in [2.24, 2.45) is 0 Å². The lowest BCUT2D eigenvalue weighted by atomic mass is 10.1. The second kappa shape index (κ2) is 4.85. The predicted molar refractivity (Wildman–Crippen MR) is 77.3 cm³/mol. The van der Waals surface area contributed by atoms with Gasteiger partial charge in [-0.05, 0) is 54.4 Å². The van der Waals surface area contributed by atoms with Crippen LogP contribution in [0.2, 0.25) is 0 Å². The maximum Gasteiger partial charge on any atom is 0.326 e. The van der Waals surface area contributed by atoms with Crippen LogP contribution in [0.15, 0.2) is 42.5 Å². The van der Waals surface area contributed by atoms with Gasteiger partial charge < -0.3 is 11.1 Å². The Morgan fingerprint density at radius 1 is 1.20 bits per heavy atom. The smallest absolute Gasteiger partial charge is 0.326 e. The van der Waals surface area contributed by atoms with Crippen LogP contribution in [0.3, 0.4) is 0 Å². The minimum absolute atomic E-state index is 0.222. The molecule has 0 bridgehead atoms. The highest BCUT2D eigenvalue weighted by molar-refractivity contribution is 6.03. The van der Waals surface area contributed by atoms with Gasteiger partial charge in [0.05, 0.1) is 0 Å². The predicted octanol–water partition coefficient (Wildman–Crippen LogP) is 3.00. The molecule has 4 nitrogen and oxygen atoms in total. The van der Waals surface area contributed by atoms with E-state index in [2.05, 4.69) is 5.32 Å². The van der Waals surface area contributed by atoms with E-state index in [0.29, 0.717) is 17.9 Å². The molecule has 0 radical (unpaired) electrons. The van der Waals surface area contributed by atoms with Gasteiger partial charge in [-0.2, -0.15) is 0 Å². The summed E-state index contributed by atoms with van der Waals surface area (Å²) in [6.07, 6.45) is 0.789. The standard InChI is InChI=1S/C15H14FN3O/c16-11-1-4-13(5-2-11)18-15(20)19-8-7-10-9-12(17)3-6-14(10)19/h1-6,9H,7-8,17H2,(H,18,20). The molecule has 1 heterocycles. The molecule has 0 saturated heterocycles. The van der Waals surface area contributed by atoms with Crippen molar-refractivity contribution in [3.05, 3.63) is 53.8 Å². The van der Waals surface area contributed by atoms with E-state index in [1.165, 1.54) is 24.3 Å². The van der Waals surface area contributed by atoms with Crippen LogP contribution < -0.4 is 16.0 Å². The first-order valence-electron chi connectivity index (χ1n) is 6.36. The van der Waals surface area contributed by atoms with Gasteiger partial charge in [0.15, 0.2) is 0 Å². The largest absolute Gasteiger partial charge is 0.399 e. The lowest BCUT2D eigenvalue weighted by molar-refractivity contribution is 0.257. The highest BCUT2D eigenvalue weighted by Crippen LogP contribution is 2.30. The molecule has 0 aliphatic carbocycles. The first-order chi connectivity index (χ1) is 9.63. The van der Waals surface area contributed by atoms with Gasteiger partial charge in [0.25, 0.3) is 0 Å². The van der Waals surface area contributed by atoms with Crippen molar-refractivity contribution in [3.8, 4) is 0 Å². The fraction of sp³-hybridized carbons (Fsp3) is 0.133. The molecule has 3 N–H and O–H groups in total. The van der Waals surface area contributed by atoms with Crippen LogP contribution in [0.5, 0.6) is 0 Å². The summed E-state index contributed by atoms with van der Waals surface area (Å²) >= 11 is 0. The van der Waals surface area contributed by atoms with Gasteiger partial charge in [-0.15, -0.1) is 0 Å². The molecule has 2 amide bonds. The molecule has 2 aromatic carbocycles. The quantitative estimate of drug-likeness (QED) is 0.783. The van der Waals surface area contributed by atoms with Crippen LogP contribution in [0.1, 0.15) is 5.56 Å². The van der Waals surface area contributed by atoms with E-state index in [-0.39, 0.29) is 11.8 Å². The van der Waals surface area contributed by atoms with Crippen molar-refractivity contribution in [1.82, 2.24) is 0 Å². The Morgan fingerprint density at radius 3 is 2.70 bits per heavy atom. The number of nitrogen functional groups attached to an aromatic ring is 1. The second-order valence-electron chi connectivity index (χ2n) is 4.73. The number of carbonyl (C=O) groups excluding carboxylic acids is 1. The van der Waals surface area contributed by atoms with E-state index in [9.17, 15) is 9.18 Å². The highest BCUT2D eigenvalue weighted by atomic mass is 19.1. The molecule has 20 heavy (non-hydrogen) atoms. The Morgan fingerprint density at radius 2 is 1.95 bits per heavy atom. The number of nitrogens with two attached hydrogens (primary N) is 1. The molecule has 5 heteroatoms. The van der Waals surface area contributed by atoms with Crippen molar-refractivity contribution in [2.45, 2.75) is 6.42 Å². The Balaban J connectivity index is 1.78. The Bertz CT molecular complexity index is 655. The molecule has 0 atom stereocenters. The molecule has 3 rings (SSSR count). The number of nitrogens with zero attached hydrogens (tertiary/aromatic N) is 1. The molecular formula is C15H14FN3O. The number of nitrogens with one attached hydrogen (secondary N) is 1. The maximum atomic E-state index is 12.8. The van der Waals surface area contributed by atoms with E-state index >= 15 is 0 Å². The van der Waals surface area contributed by atoms with E-state index in [1.54, 1.807) is 11.0 Å². The van der Waals surface area contributed by atoms with Gasteiger partial charge in [0, 0.05) is 23.6 Å². The number of anilines is 3. The van der Waals surface area contributed by atoms with Gasteiger partial charge in [-0.3, -0.25) is 4.90 Å². The average Bonchev–Trinajstić information content (AvgIpc) is 2.84. The average molecular weight is 271 g/mol. The summed E-state index contributed by atoms with van der Waals surface area (Å²) in [7, 11) is 0. The minimum atomic E-state index is -0.329. The van der Waals surface area contributed by atoms with Crippen LogP contribution >= 0.6 is 0 Å². The third-order valence-corrected chi connectivity index (χ3v) is 3.34. The fourth-order valence-corrected chi connectivity index (χ4v) is 2.36. The number of amides is 2. The molecule has 0 unspecified atom stereocenters. The van der Waals surface area contributed by atoms with Crippen LogP contribution in [0, 0.1) is 5.82 Å². The lowest BCUT2D eigenvalue weighted by Gasteiger charge is -2.18. The zero-order valence-corrected chi connectivity index (χ0v) is 10.8. The summed E-state index contributed by atoms with van der Waals surface area (Å²) in [5.41, 5.74) is 8.95. The Labute approximate surface area is 116 Å². The third kappa shape index (κ3) is 2.30. The molecule has 0 saturated carbocycles. The number of fused-ring (bicyclic) bond motifs is 1. The molecule has 0 spiro atoms. The summed E-state index contributed by atoms with van der Waals surface area (Å²) in [6.45, 7) is 0.617. The monoisotopic (exact) mass is 271 g/mol. The first-order valence-corrected chi connectivity index (χ1v) is 6.36. The van der Waals surface area contributed by atoms with Gasteiger partial charge in [-0.25, -0.2) is 9.18 Å². The number of hydrogen-bond donors (Lipinski definition) is 2. The normalized spacial score (nSPS) is 13.2. The second-order valence-corrected chi connectivity index (χ2v) is 4.73. The van der Waals surface area contributed by atoms with E-state index in [1.807, 2.05) is 12.1 Å². The number of urea groups is 1. The molecule has 0 aromatic heterocycles. The van der Waals surface area contributed by atoms with Crippen molar-refractivity contribution in [3.63, 3.8) is 0 Å². The Hall–Kier alpha value is -2.56. The number of hydrogen-bond acceptors (Lipinski definition) is 2. The van der Waals surface area contributed by atoms with Crippen molar-refractivity contribution in [2.75, 3.05) is 22.5 Å². The van der Waals surface area contributed by atoms with Crippen LogP contribution in [-0.4, -0.2) is 12.6 Å². The van der Waals surface area contributed by atoms with E-state index < -0.39 is 0 Å². The Kier molecular flexibility index (Phi) is 3.02. The highest BCUT2D eigenvalue weighted by Gasteiger charge is 2.24. The minimum Gasteiger partial charge on any atom is -0.399 e. The zero-order chi connectivity index (χ0) is 14.1. The van der Waals surface area contributed by atoms with E-state index in [4.69, 9.17) is 5.73 Å². The maximum absolute atomic E-state index is 12.8. The summed E-state index contributed by atoms with van der Waals surface area (Å²) < 4.78 is 12.8. The third-order valence-electron chi connectivity index (χ3n) is 3.34. The van der Waals surface area contributed by atoms with Gasteiger partial charge in [0.1, 0.15) is 5.82 Å². The molecular weight excluding hydrogens is 257 g/mol. The summed E-state index contributed by atoms with van der Waals surface area (Å²) in [5, 5.41) is 2.76. The molecule has 0 fully saturated rings. The number of halogens is 1. The lowest BCUT2D eigenvalue weighted by Crippen LogP contribution is -2.33. The van der Waals surface area contributed by atoms with Gasteiger partial charge in [0.2, 0.25) is 0 Å². The van der Waals surface area contributed by atoms with Crippen LogP contribution in [0.25, 0.3) is 0 Å². The fourth-order valence-electron chi connectivity index (χ4n) is 2.36.